The second-order valence-electron chi connectivity index (χ2n) is 7.48. The van der Waals surface area contributed by atoms with E-state index >= 15 is 0 Å². The number of carbonyl (C=O) groups is 1. The summed E-state index contributed by atoms with van der Waals surface area (Å²) in [5, 5.41) is 7.64. The van der Waals surface area contributed by atoms with E-state index in [-0.39, 0.29) is 5.91 Å². The summed E-state index contributed by atoms with van der Waals surface area (Å²) >= 11 is 0. The third-order valence-electron chi connectivity index (χ3n) is 5.86. The van der Waals surface area contributed by atoms with Gasteiger partial charge < -0.3 is 4.90 Å². The summed E-state index contributed by atoms with van der Waals surface area (Å²) < 4.78 is 4.73. The first-order chi connectivity index (χ1) is 13.3. The summed E-state index contributed by atoms with van der Waals surface area (Å²) in [6, 6.07) is 14.7. The standard InChI is InChI=1S/C21H22N4O2/c26-21(17-6-7-19-20(14-17)23-27-22-19)25-9-3-8-24(10-11-25)18-12-15-4-1-2-5-16(15)13-18/h1-2,4-7,14,18H,3,8-13H2. The first kappa shape index (κ1) is 16.4. The van der Waals surface area contributed by atoms with Gasteiger partial charge in [-0.05, 0) is 58.9 Å². The first-order valence-electron chi connectivity index (χ1n) is 9.60. The predicted molar refractivity (Wildman–Crippen MR) is 102 cm³/mol. The highest BCUT2D eigenvalue weighted by molar-refractivity contribution is 5.97. The molecule has 6 heteroatoms. The maximum Gasteiger partial charge on any atom is 0.253 e. The van der Waals surface area contributed by atoms with Crippen LogP contribution in [0, 0.1) is 0 Å². The molecule has 2 aromatic carbocycles. The van der Waals surface area contributed by atoms with Gasteiger partial charge in [-0.1, -0.05) is 24.3 Å². The molecule has 1 aliphatic carbocycles. The van der Waals surface area contributed by atoms with Gasteiger partial charge in [0, 0.05) is 37.8 Å². The minimum Gasteiger partial charge on any atom is -0.337 e. The van der Waals surface area contributed by atoms with Crippen molar-refractivity contribution in [1.82, 2.24) is 20.1 Å². The van der Waals surface area contributed by atoms with Gasteiger partial charge in [-0.25, -0.2) is 4.63 Å². The molecule has 1 fully saturated rings. The fourth-order valence-corrected chi connectivity index (χ4v) is 4.40. The molecule has 0 spiro atoms. The van der Waals surface area contributed by atoms with E-state index in [0.717, 1.165) is 45.4 Å². The molecular weight excluding hydrogens is 340 g/mol. The van der Waals surface area contributed by atoms with E-state index in [1.165, 1.54) is 11.1 Å². The van der Waals surface area contributed by atoms with Crippen LogP contribution < -0.4 is 0 Å². The summed E-state index contributed by atoms with van der Waals surface area (Å²) in [6.45, 7) is 3.54. The van der Waals surface area contributed by atoms with Crippen LogP contribution in [0.25, 0.3) is 11.0 Å². The SMILES string of the molecule is O=C(c1ccc2nonc2c1)N1CCCN(C2Cc3ccccc3C2)CC1. The highest BCUT2D eigenvalue weighted by atomic mass is 16.6. The van der Waals surface area contributed by atoms with Gasteiger partial charge in [-0.2, -0.15) is 0 Å². The first-order valence-corrected chi connectivity index (χ1v) is 9.60. The Balaban J connectivity index is 1.26. The Morgan fingerprint density at radius 3 is 2.52 bits per heavy atom. The summed E-state index contributed by atoms with van der Waals surface area (Å²) in [5.74, 6) is 0.0662. The molecular formula is C21H22N4O2. The molecule has 1 amide bonds. The van der Waals surface area contributed by atoms with Gasteiger partial charge in [-0.3, -0.25) is 9.69 Å². The third-order valence-corrected chi connectivity index (χ3v) is 5.86. The van der Waals surface area contributed by atoms with E-state index in [2.05, 4.69) is 39.5 Å². The highest BCUT2D eigenvalue weighted by Gasteiger charge is 2.29. The van der Waals surface area contributed by atoms with Crippen LogP contribution >= 0.6 is 0 Å². The quantitative estimate of drug-likeness (QED) is 0.701. The number of hydrogen-bond donors (Lipinski definition) is 0. The second kappa shape index (κ2) is 6.78. The zero-order chi connectivity index (χ0) is 18.2. The maximum absolute atomic E-state index is 13.0. The molecule has 1 aliphatic heterocycles. The Morgan fingerprint density at radius 2 is 1.70 bits per heavy atom. The Bertz CT molecular complexity index is 958. The van der Waals surface area contributed by atoms with E-state index in [4.69, 9.17) is 4.63 Å². The van der Waals surface area contributed by atoms with Crippen LogP contribution in [0.4, 0.5) is 0 Å². The van der Waals surface area contributed by atoms with E-state index in [1.54, 1.807) is 12.1 Å². The van der Waals surface area contributed by atoms with Crippen LogP contribution in [0.5, 0.6) is 0 Å². The number of hydrogen-bond acceptors (Lipinski definition) is 5. The number of aromatic nitrogens is 2. The number of rotatable bonds is 2. The van der Waals surface area contributed by atoms with Gasteiger partial charge in [0.05, 0.1) is 0 Å². The number of carbonyl (C=O) groups excluding carboxylic acids is 1. The van der Waals surface area contributed by atoms with Crippen molar-refractivity contribution in [3.63, 3.8) is 0 Å². The lowest BCUT2D eigenvalue weighted by atomic mass is 10.1. The lowest BCUT2D eigenvalue weighted by Gasteiger charge is -2.27. The Morgan fingerprint density at radius 1 is 0.926 bits per heavy atom. The van der Waals surface area contributed by atoms with Gasteiger partial charge >= 0.3 is 0 Å². The molecule has 1 saturated heterocycles. The number of nitrogens with zero attached hydrogens (tertiary/aromatic N) is 4. The second-order valence-corrected chi connectivity index (χ2v) is 7.48. The number of benzene rings is 2. The molecule has 0 unspecified atom stereocenters. The van der Waals surface area contributed by atoms with Crippen molar-refractivity contribution in [2.24, 2.45) is 0 Å². The number of amides is 1. The van der Waals surface area contributed by atoms with Gasteiger partial charge in [-0.15, -0.1) is 0 Å². The zero-order valence-electron chi connectivity index (χ0n) is 15.2. The van der Waals surface area contributed by atoms with Crippen molar-refractivity contribution in [1.29, 1.82) is 0 Å². The molecule has 0 saturated carbocycles. The molecule has 2 aliphatic rings. The molecule has 0 radical (unpaired) electrons. The molecule has 138 valence electrons. The smallest absolute Gasteiger partial charge is 0.253 e. The monoisotopic (exact) mass is 362 g/mol. The topological polar surface area (TPSA) is 62.5 Å². The van der Waals surface area contributed by atoms with Gasteiger partial charge in [0.2, 0.25) is 0 Å². The minimum absolute atomic E-state index is 0.0662. The molecule has 0 N–H and O–H groups in total. The van der Waals surface area contributed by atoms with Gasteiger partial charge in [0.15, 0.2) is 0 Å². The summed E-state index contributed by atoms with van der Waals surface area (Å²) in [6.07, 6.45) is 3.26. The molecule has 0 bridgehead atoms. The fraction of sp³-hybridized carbons (Fsp3) is 0.381. The van der Waals surface area contributed by atoms with Crippen LogP contribution in [-0.2, 0) is 12.8 Å². The summed E-state index contributed by atoms with van der Waals surface area (Å²) in [4.78, 5) is 17.5. The van der Waals surface area contributed by atoms with Crippen molar-refractivity contribution in [2.75, 3.05) is 26.2 Å². The zero-order valence-corrected chi connectivity index (χ0v) is 15.2. The lowest BCUT2D eigenvalue weighted by Crippen LogP contribution is -2.40. The normalized spacial score (nSPS) is 18.6. The molecule has 0 atom stereocenters. The number of fused-ring (bicyclic) bond motifs is 2. The Hall–Kier alpha value is -2.73. The van der Waals surface area contributed by atoms with E-state index < -0.39 is 0 Å². The third kappa shape index (κ3) is 3.10. The van der Waals surface area contributed by atoms with Crippen molar-refractivity contribution < 1.29 is 9.42 Å². The molecule has 6 nitrogen and oxygen atoms in total. The lowest BCUT2D eigenvalue weighted by molar-refractivity contribution is 0.0758. The molecule has 2 heterocycles. The maximum atomic E-state index is 13.0. The average molecular weight is 362 g/mol. The van der Waals surface area contributed by atoms with Crippen LogP contribution in [0.15, 0.2) is 47.1 Å². The van der Waals surface area contributed by atoms with Crippen LogP contribution in [0.2, 0.25) is 0 Å². The summed E-state index contributed by atoms with van der Waals surface area (Å²) in [5.41, 5.74) is 4.92. The average Bonchev–Trinajstić information content (AvgIpc) is 3.27. The summed E-state index contributed by atoms with van der Waals surface area (Å²) in [7, 11) is 0. The molecule has 3 aromatic rings. The van der Waals surface area contributed by atoms with Gasteiger partial charge in [0.25, 0.3) is 5.91 Å². The van der Waals surface area contributed by atoms with Crippen molar-refractivity contribution >= 4 is 16.9 Å². The highest BCUT2D eigenvalue weighted by Crippen LogP contribution is 2.26. The van der Waals surface area contributed by atoms with Gasteiger partial charge in [0.1, 0.15) is 11.0 Å². The molecule has 1 aromatic heterocycles. The van der Waals surface area contributed by atoms with Crippen molar-refractivity contribution in [3.8, 4) is 0 Å². The minimum atomic E-state index is 0.0662. The van der Waals surface area contributed by atoms with Crippen LogP contribution in [-0.4, -0.2) is 58.2 Å². The Labute approximate surface area is 157 Å². The largest absolute Gasteiger partial charge is 0.337 e. The van der Waals surface area contributed by atoms with Crippen molar-refractivity contribution in [3.05, 3.63) is 59.2 Å². The molecule has 27 heavy (non-hydrogen) atoms. The van der Waals surface area contributed by atoms with E-state index in [0.29, 0.717) is 22.6 Å². The van der Waals surface area contributed by atoms with E-state index in [1.807, 2.05) is 11.0 Å². The Kier molecular flexibility index (Phi) is 4.13. The van der Waals surface area contributed by atoms with Crippen LogP contribution in [0.1, 0.15) is 27.9 Å². The van der Waals surface area contributed by atoms with Crippen molar-refractivity contribution in [2.45, 2.75) is 25.3 Å². The molecule has 5 rings (SSSR count). The predicted octanol–water partition coefficient (Wildman–Crippen LogP) is 2.54. The van der Waals surface area contributed by atoms with Crippen LogP contribution in [0.3, 0.4) is 0 Å². The fourth-order valence-electron chi connectivity index (χ4n) is 4.40. The van der Waals surface area contributed by atoms with E-state index in [9.17, 15) is 4.79 Å².